The predicted molar refractivity (Wildman–Crippen MR) is 223 cm³/mol. The molecule has 0 fully saturated rings. The Balaban J connectivity index is 0.963. The molecule has 11 rings (SSSR count). The first-order valence-corrected chi connectivity index (χ1v) is 20.3. The Bertz CT molecular complexity index is 2750. The summed E-state index contributed by atoms with van der Waals surface area (Å²) >= 11 is 3.60. The van der Waals surface area contributed by atoms with Crippen LogP contribution < -0.4 is 0 Å². The van der Waals surface area contributed by atoms with Crippen LogP contribution in [0.5, 0.6) is 0 Å². The van der Waals surface area contributed by atoms with Crippen molar-refractivity contribution < 1.29 is 19.2 Å². The van der Waals surface area contributed by atoms with Gasteiger partial charge in [0.15, 0.2) is 23.1 Å². The molecular formula is C49H34O4S2. The average molecular weight is 751 g/mol. The summed E-state index contributed by atoms with van der Waals surface area (Å²) in [4.78, 5) is 60.0. The second-order valence-electron chi connectivity index (χ2n) is 17.1. The Labute approximate surface area is 326 Å². The molecule has 0 unspecified atom stereocenters. The maximum absolute atomic E-state index is 13.8. The normalized spacial score (nSPS) is 19.1. The molecule has 55 heavy (non-hydrogen) atoms. The third-order valence-corrected chi connectivity index (χ3v) is 15.4. The lowest BCUT2D eigenvalue weighted by atomic mass is 9.70. The van der Waals surface area contributed by atoms with E-state index in [0.29, 0.717) is 22.3 Å². The van der Waals surface area contributed by atoms with Gasteiger partial charge in [0.2, 0.25) is 0 Å². The number of hydrogen-bond donors (Lipinski definition) is 0. The van der Waals surface area contributed by atoms with E-state index in [0.717, 1.165) is 32.7 Å². The standard InChI is InChI=1S/C49H34O4S2/c1-47(2)27(19-33-41(50)29-15-23-11-7-8-12-24(23)16-30(29)42(33)51)21-35-37(47)39-45(54-35)46-40(49(39,5)6)38-36(55-46)22-28(48(38,3)4)20-34-43(52)31-17-25-13-9-10-14-26(25)18-32(31)44(34)53/h7-22H,1-6H3. The Morgan fingerprint density at radius 3 is 1.05 bits per heavy atom. The summed E-state index contributed by atoms with van der Waals surface area (Å²) in [7, 11) is 0. The number of ketones is 4. The molecule has 4 aromatic carbocycles. The molecule has 0 amide bonds. The van der Waals surface area contributed by atoms with Crippen molar-refractivity contribution in [2.45, 2.75) is 57.8 Å². The Kier molecular flexibility index (Phi) is 6.20. The van der Waals surface area contributed by atoms with Crippen molar-refractivity contribution in [3.05, 3.63) is 162 Å². The SMILES string of the molecule is CC1(C)C(C=C2C(=O)c3cc4ccccc4cc3C2=O)=Cc2sc3c(c21)C(C)(C)c1c-3sc2c1C(C)(C)C(C=C1C(=O)c3cc4ccccc4cc3C1=O)=C2. The van der Waals surface area contributed by atoms with E-state index in [2.05, 4.69) is 53.7 Å². The molecule has 4 nitrogen and oxygen atoms in total. The van der Waals surface area contributed by atoms with E-state index in [4.69, 9.17) is 0 Å². The van der Waals surface area contributed by atoms with Crippen molar-refractivity contribution in [3.8, 4) is 9.75 Å². The highest BCUT2D eigenvalue weighted by Crippen LogP contribution is 2.66. The molecular weight excluding hydrogens is 717 g/mol. The Hall–Kier alpha value is -5.56. The lowest BCUT2D eigenvalue weighted by Gasteiger charge is -2.32. The van der Waals surface area contributed by atoms with Gasteiger partial charge < -0.3 is 0 Å². The number of allylic oxidation sites excluding steroid dienone is 6. The summed E-state index contributed by atoms with van der Waals surface area (Å²) in [5.74, 6) is -0.834. The van der Waals surface area contributed by atoms with Gasteiger partial charge in [-0.15, -0.1) is 22.7 Å². The molecule has 5 aliphatic rings. The molecule has 0 radical (unpaired) electrons. The summed E-state index contributed by atoms with van der Waals surface area (Å²) in [5, 5.41) is 3.80. The number of rotatable bonds is 2. The third kappa shape index (κ3) is 4.06. The van der Waals surface area contributed by atoms with Crippen LogP contribution in [0.25, 0.3) is 43.5 Å². The molecule has 6 aromatic rings. The summed E-state index contributed by atoms with van der Waals surface area (Å²) in [6.07, 6.45) is 8.08. The number of carbonyl (C=O) groups is 4. The molecule has 0 saturated heterocycles. The largest absolute Gasteiger partial charge is 0.288 e. The molecule has 0 spiro atoms. The zero-order valence-electron chi connectivity index (χ0n) is 31.2. The number of carbonyl (C=O) groups excluding carboxylic acids is 4. The summed E-state index contributed by atoms with van der Waals surface area (Å²) in [6, 6.07) is 23.1. The first-order chi connectivity index (χ1) is 26.2. The van der Waals surface area contributed by atoms with Crippen molar-refractivity contribution >= 4 is 79.5 Å². The Morgan fingerprint density at radius 1 is 0.436 bits per heavy atom. The molecule has 0 aliphatic heterocycles. The van der Waals surface area contributed by atoms with Crippen LogP contribution in [-0.2, 0) is 16.2 Å². The van der Waals surface area contributed by atoms with Gasteiger partial charge in [-0.25, -0.2) is 0 Å². The van der Waals surface area contributed by atoms with Gasteiger partial charge in [0.25, 0.3) is 0 Å². The smallest absolute Gasteiger partial charge is 0.197 e. The van der Waals surface area contributed by atoms with E-state index in [1.165, 1.54) is 41.8 Å². The summed E-state index contributed by atoms with van der Waals surface area (Å²) in [5.41, 5.74) is 8.28. The number of thiophene rings is 2. The number of hydrogen-bond acceptors (Lipinski definition) is 6. The molecule has 0 N–H and O–H groups in total. The van der Waals surface area contributed by atoms with E-state index in [1.54, 1.807) is 22.7 Å². The summed E-state index contributed by atoms with van der Waals surface area (Å²) < 4.78 is 0. The van der Waals surface area contributed by atoms with Gasteiger partial charge in [0, 0.05) is 58.0 Å². The molecule has 266 valence electrons. The molecule has 0 atom stereocenters. The van der Waals surface area contributed by atoms with Crippen molar-refractivity contribution in [3.63, 3.8) is 0 Å². The highest BCUT2D eigenvalue weighted by molar-refractivity contribution is 7.23. The fourth-order valence-electron chi connectivity index (χ4n) is 9.95. The molecule has 5 aliphatic carbocycles. The average Bonchev–Trinajstić information content (AvgIpc) is 3.97. The monoisotopic (exact) mass is 750 g/mol. The highest BCUT2D eigenvalue weighted by Gasteiger charge is 2.52. The van der Waals surface area contributed by atoms with Crippen LogP contribution in [-0.4, -0.2) is 23.1 Å². The van der Waals surface area contributed by atoms with E-state index in [9.17, 15) is 19.2 Å². The molecule has 6 heteroatoms. The van der Waals surface area contributed by atoms with Crippen LogP contribution in [0.1, 0.15) is 115 Å². The van der Waals surface area contributed by atoms with Crippen LogP contribution >= 0.6 is 22.7 Å². The van der Waals surface area contributed by atoms with Gasteiger partial charge in [-0.3, -0.25) is 19.2 Å². The van der Waals surface area contributed by atoms with E-state index in [1.807, 2.05) is 84.9 Å². The van der Waals surface area contributed by atoms with Crippen molar-refractivity contribution in [1.29, 1.82) is 0 Å². The first kappa shape index (κ1) is 32.8. The van der Waals surface area contributed by atoms with Crippen LogP contribution in [0.15, 0.2) is 107 Å². The van der Waals surface area contributed by atoms with Crippen LogP contribution in [0.4, 0.5) is 0 Å². The summed E-state index contributed by atoms with van der Waals surface area (Å²) in [6.45, 7) is 13.5. The van der Waals surface area contributed by atoms with Gasteiger partial charge in [0.05, 0.1) is 11.1 Å². The zero-order valence-corrected chi connectivity index (χ0v) is 32.8. The second kappa shape index (κ2) is 10.4. The predicted octanol–water partition coefficient (Wildman–Crippen LogP) is 11.8. The number of benzene rings is 4. The van der Waals surface area contributed by atoms with Gasteiger partial charge >= 0.3 is 0 Å². The minimum absolute atomic E-state index is 0.208. The van der Waals surface area contributed by atoms with Crippen molar-refractivity contribution in [2.24, 2.45) is 0 Å². The van der Waals surface area contributed by atoms with Gasteiger partial charge in [-0.1, -0.05) is 90.1 Å². The van der Waals surface area contributed by atoms with Gasteiger partial charge in [0.1, 0.15) is 0 Å². The number of fused-ring (bicyclic) bond motifs is 11. The molecule has 0 bridgehead atoms. The van der Waals surface area contributed by atoms with E-state index >= 15 is 0 Å². The van der Waals surface area contributed by atoms with E-state index in [-0.39, 0.29) is 39.7 Å². The minimum atomic E-state index is -0.437. The maximum atomic E-state index is 13.8. The van der Waals surface area contributed by atoms with Crippen molar-refractivity contribution in [2.75, 3.05) is 0 Å². The van der Waals surface area contributed by atoms with Crippen molar-refractivity contribution in [1.82, 2.24) is 0 Å². The maximum Gasteiger partial charge on any atom is 0.197 e. The minimum Gasteiger partial charge on any atom is -0.288 e. The third-order valence-electron chi connectivity index (χ3n) is 12.9. The molecule has 2 aromatic heterocycles. The zero-order chi connectivity index (χ0) is 38.1. The molecule has 2 heterocycles. The fourth-order valence-corrected chi connectivity index (χ4v) is 13.2. The topological polar surface area (TPSA) is 68.3 Å². The number of Topliss-reactive ketones (excluding diaryl/α,β-unsaturated/α-hetero) is 4. The second-order valence-corrected chi connectivity index (χ2v) is 19.2. The van der Waals surface area contributed by atoms with Crippen LogP contribution in [0.3, 0.4) is 0 Å². The fraction of sp³-hybridized carbons (Fsp3) is 0.184. The highest BCUT2D eigenvalue weighted by atomic mass is 32.1. The molecule has 0 saturated carbocycles. The Morgan fingerprint density at radius 2 is 0.745 bits per heavy atom. The lowest BCUT2D eigenvalue weighted by Crippen LogP contribution is -2.27. The quantitative estimate of drug-likeness (QED) is 0.131. The first-order valence-electron chi connectivity index (χ1n) is 18.7. The van der Waals surface area contributed by atoms with E-state index < -0.39 is 10.8 Å². The van der Waals surface area contributed by atoms with Crippen LogP contribution in [0.2, 0.25) is 0 Å². The van der Waals surface area contributed by atoms with Gasteiger partial charge in [-0.2, -0.15) is 0 Å². The lowest BCUT2D eigenvalue weighted by molar-refractivity contribution is 0.0973. The van der Waals surface area contributed by atoms with Crippen LogP contribution in [0, 0.1) is 0 Å². The van der Waals surface area contributed by atoms with Gasteiger partial charge in [-0.05, 0) is 104 Å².